The van der Waals surface area contributed by atoms with Crippen LogP contribution in [0.5, 0.6) is 0 Å². The van der Waals surface area contributed by atoms with Gasteiger partial charge in [0.15, 0.2) is 0 Å². The normalized spacial score (nSPS) is 30.4. The molecule has 19 heavy (non-hydrogen) atoms. The first kappa shape index (κ1) is 14.8. The third kappa shape index (κ3) is 3.27. The molecular weight excluding hydrogens is 244 g/mol. The number of piperidine rings is 1. The molecule has 0 saturated carbocycles. The van der Waals surface area contributed by atoms with E-state index in [4.69, 9.17) is 4.74 Å². The second-order valence-corrected chi connectivity index (χ2v) is 6.16. The van der Waals surface area contributed by atoms with Gasteiger partial charge in [-0.2, -0.15) is 0 Å². The van der Waals surface area contributed by atoms with Crippen molar-refractivity contribution in [1.29, 1.82) is 0 Å². The summed E-state index contributed by atoms with van der Waals surface area (Å²) in [5.41, 5.74) is -0.647. The topological polar surface area (TPSA) is 53.0 Å². The van der Waals surface area contributed by atoms with E-state index in [1.54, 1.807) is 4.90 Å². The number of likely N-dealkylation sites (N-methyl/N-ethyl adjacent to an activating group) is 1. The molecule has 2 aliphatic rings. The van der Waals surface area contributed by atoms with Crippen molar-refractivity contribution in [2.75, 3.05) is 40.3 Å². The maximum atomic E-state index is 12.0. The zero-order chi connectivity index (χ0) is 14.0. The Hall–Kier alpha value is -0.650. The van der Waals surface area contributed by atoms with Crippen molar-refractivity contribution in [3.63, 3.8) is 0 Å². The molecule has 5 heteroatoms. The fourth-order valence-corrected chi connectivity index (χ4v) is 2.97. The minimum absolute atomic E-state index is 0.0506. The Labute approximate surface area is 115 Å². The summed E-state index contributed by atoms with van der Waals surface area (Å²) in [7, 11) is 3.89. The van der Waals surface area contributed by atoms with Crippen molar-refractivity contribution >= 4 is 5.91 Å². The first-order chi connectivity index (χ1) is 8.92. The summed E-state index contributed by atoms with van der Waals surface area (Å²) in [5.74, 6) is 0.135. The number of likely N-dealkylation sites (tertiary alicyclic amines) is 1. The first-order valence-corrected chi connectivity index (χ1v) is 7.20. The SMILES string of the molecule is CC(CC1OCCN(C)C1=O)C1(O)CCN(C)CC1. The minimum Gasteiger partial charge on any atom is -0.390 e. The first-order valence-electron chi connectivity index (χ1n) is 7.20. The second kappa shape index (κ2) is 5.77. The molecule has 2 heterocycles. The highest BCUT2D eigenvalue weighted by atomic mass is 16.5. The molecule has 1 N–H and O–H groups in total. The van der Waals surface area contributed by atoms with Crippen LogP contribution in [0.15, 0.2) is 0 Å². The van der Waals surface area contributed by atoms with E-state index in [2.05, 4.69) is 11.9 Å². The molecular formula is C14H26N2O3. The molecule has 2 aliphatic heterocycles. The van der Waals surface area contributed by atoms with Gasteiger partial charge >= 0.3 is 0 Å². The fraction of sp³-hybridized carbons (Fsp3) is 0.929. The molecule has 2 unspecified atom stereocenters. The number of carbonyl (C=O) groups is 1. The Kier molecular flexibility index (Phi) is 4.48. The van der Waals surface area contributed by atoms with Crippen LogP contribution in [0, 0.1) is 5.92 Å². The Morgan fingerprint density at radius 1 is 1.37 bits per heavy atom. The van der Waals surface area contributed by atoms with Crippen LogP contribution < -0.4 is 0 Å². The van der Waals surface area contributed by atoms with Crippen LogP contribution in [0.3, 0.4) is 0 Å². The Bertz CT molecular complexity index is 327. The predicted octanol–water partition coefficient (Wildman–Crippen LogP) is 0.327. The lowest BCUT2D eigenvalue weighted by atomic mass is 9.77. The number of rotatable bonds is 3. The molecule has 0 aromatic carbocycles. The second-order valence-electron chi connectivity index (χ2n) is 6.16. The summed E-state index contributed by atoms with van der Waals surface area (Å²) >= 11 is 0. The van der Waals surface area contributed by atoms with E-state index in [1.807, 2.05) is 14.0 Å². The van der Waals surface area contributed by atoms with E-state index in [9.17, 15) is 9.90 Å². The van der Waals surface area contributed by atoms with Crippen LogP contribution in [-0.2, 0) is 9.53 Å². The number of aliphatic hydroxyl groups is 1. The van der Waals surface area contributed by atoms with Gasteiger partial charge in [-0.1, -0.05) is 6.92 Å². The van der Waals surface area contributed by atoms with Gasteiger partial charge in [0.05, 0.1) is 12.2 Å². The number of carbonyl (C=O) groups excluding carboxylic acids is 1. The van der Waals surface area contributed by atoms with Gasteiger partial charge in [0.25, 0.3) is 5.91 Å². The molecule has 0 aliphatic carbocycles. The van der Waals surface area contributed by atoms with E-state index in [-0.39, 0.29) is 17.9 Å². The molecule has 0 spiro atoms. The fourth-order valence-electron chi connectivity index (χ4n) is 2.97. The van der Waals surface area contributed by atoms with Crippen LogP contribution in [0.4, 0.5) is 0 Å². The predicted molar refractivity (Wildman–Crippen MR) is 72.8 cm³/mol. The summed E-state index contributed by atoms with van der Waals surface area (Å²) < 4.78 is 5.58. The zero-order valence-electron chi connectivity index (χ0n) is 12.3. The lowest BCUT2D eigenvalue weighted by Gasteiger charge is -2.42. The monoisotopic (exact) mass is 270 g/mol. The number of amides is 1. The third-order valence-electron chi connectivity index (χ3n) is 4.74. The average molecular weight is 270 g/mol. The van der Waals surface area contributed by atoms with Gasteiger partial charge in [-0.15, -0.1) is 0 Å². The van der Waals surface area contributed by atoms with Crippen LogP contribution >= 0.6 is 0 Å². The van der Waals surface area contributed by atoms with Crippen LogP contribution in [0.2, 0.25) is 0 Å². The van der Waals surface area contributed by atoms with Crippen molar-refractivity contribution in [1.82, 2.24) is 9.80 Å². The van der Waals surface area contributed by atoms with Crippen molar-refractivity contribution in [3.8, 4) is 0 Å². The standard InChI is InChI=1S/C14H26N2O3/c1-11(14(18)4-6-15(2)7-5-14)10-12-13(17)16(3)8-9-19-12/h11-12,18H,4-10H2,1-3H3. The molecule has 0 bridgehead atoms. The number of nitrogens with zero attached hydrogens (tertiary/aromatic N) is 2. The summed E-state index contributed by atoms with van der Waals surface area (Å²) in [6.07, 6.45) is 1.80. The number of hydrogen-bond donors (Lipinski definition) is 1. The molecule has 0 aromatic heterocycles. The lowest BCUT2D eigenvalue weighted by Crippen LogP contribution is -2.51. The zero-order valence-corrected chi connectivity index (χ0v) is 12.3. The summed E-state index contributed by atoms with van der Waals surface area (Å²) in [6, 6.07) is 0. The van der Waals surface area contributed by atoms with Gasteiger partial charge in [-0.3, -0.25) is 4.79 Å². The van der Waals surface area contributed by atoms with Crippen LogP contribution in [-0.4, -0.2) is 72.9 Å². The highest BCUT2D eigenvalue weighted by molar-refractivity contribution is 5.81. The van der Waals surface area contributed by atoms with Crippen molar-refractivity contribution < 1.29 is 14.6 Å². The maximum absolute atomic E-state index is 12.0. The van der Waals surface area contributed by atoms with Crippen LogP contribution in [0.25, 0.3) is 0 Å². The Morgan fingerprint density at radius 3 is 2.63 bits per heavy atom. The largest absolute Gasteiger partial charge is 0.390 e. The van der Waals surface area contributed by atoms with Crippen molar-refractivity contribution in [2.24, 2.45) is 5.92 Å². The van der Waals surface area contributed by atoms with E-state index >= 15 is 0 Å². The van der Waals surface area contributed by atoms with Gasteiger partial charge in [-0.05, 0) is 32.2 Å². The van der Waals surface area contributed by atoms with E-state index in [1.165, 1.54) is 0 Å². The molecule has 0 radical (unpaired) electrons. The Morgan fingerprint density at radius 2 is 2.00 bits per heavy atom. The van der Waals surface area contributed by atoms with Gasteiger partial charge < -0.3 is 19.6 Å². The lowest BCUT2D eigenvalue weighted by molar-refractivity contribution is -0.155. The van der Waals surface area contributed by atoms with Crippen molar-refractivity contribution in [3.05, 3.63) is 0 Å². The highest BCUT2D eigenvalue weighted by Gasteiger charge is 2.39. The minimum atomic E-state index is -0.647. The molecule has 1 amide bonds. The number of morpholine rings is 1. The van der Waals surface area contributed by atoms with Gasteiger partial charge in [0.2, 0.25) is 0 Å². The van der Waals surface area contributed by atoms with Crippen LogP contribution in [0.1, 0.15) is 26.2 Å². The number of ether oxygens (including phenoxy) is 1. The van der Waals surface area contributed by atoms with E-state index in [0.29, 0.717) is 19.6 Å². The molecule has 5 nitrogen and oxygen atoms in total. The molecule has 110 valence electrons. The summed E-state index contributed by atoms with van der Waals surface area (Å²) in [6.45, 7) is 5.14. The smallest absolute Gasteiger partial charge is 0.251 e. The summed E-state index contributed by atoms with van der Waals surface area (Å²) in [4.78, 5) is 16.0. The van der Waals surface area contributed by atoms with Gasteiger partial charge in [0, 0.05) is 26.7 Å². The number of hydrogen-bond acceptors (Lipinski definition) is 4. The Balaban J connectivity index is 1.93. The highest BCUT2D eigenvalue weighted by Crippen LogP contribution is 2.33. The molecule has 0 aromatic rings. The molecule has 2 rings (SSSR count). The quantitative estimate of drug-likeness (QED) is 0.803. The maximum Gasteiger partial charge on any atom is 0.251 e. The van der Waals surface area contributed by atoms with Gasteiger partial charge in [-0.25, -0.2) is 0 Å². The van der Waals surface area contributed by atoms with E-state index in [0.717, 1.165) is 25.9 Å². The third-order valence-corrected chi connectivity index (χ3v) is 4.74. The van der Waals surface area contributed by atoms with E-state index < -0.39 is 5.60 Å². The molecule has 2 saturated heterocycles. The summed E-state index contributed by atoms with van der Waals surface area (Å²) in [5, 5.41) is 10.7. The molecule has 2 fully saturated rings. The average Bonchev–Trinajstić information content (AvgIpc) is 2.38. The molecule has 2 atom stereocenters. The van der Waals surface area contributed by atoms with Crippen molar-refractivity contribution in [2.45, 2.75) is 37.9 Å². The van der Waals surface area contributed by atoms with Gasteiger partial charge in [0.1, 0.15) is 6.10 Å².